The zero-order valence-corrected chi connectivity index (χ0v) is 8.87. The first-order valence-electron chi connectivity index (χ1n) is 5.27. The first-order valence-corrected chi connectivity index (χ1v) is 5.27. The largest absolute Gasteiger partial charge is 0.383 e. The van der Waals surface area contributed by atoms with Gasteiger partial charge in [0, 0.05) is 19.7 Å². The maximum atomic E-state index is 13.0. The van der Waals surface area contributed by atoms with E-state index in [1.165, 1.54) is 6.07 Å². The molecule has 1 aromatic carbocycles. The minimum atomic E-state index is -0.150. The van der Waals surface area contributed by atoms with Crippen LogP contribution >= 0.6 is 0 Å². The molecule has 0 saturated carbocycles. The van der Waals surface area contributed by atoms with Crippen LogP contribution in [0.4, 0.5) is 4.39 Å². The summed E-state index contributed by atoms with van der Waals surface area (Å²) in [4.78, 5) is 0. The molecule has 1 N–H and O–H groups in total. The molecule has 0 aromatic heterocycles. The van der Waals surface area contributed by atoms with Gasteiger partial charge in [0.1, 0.15) is 5.82 Å². The van der Waals surface area contributed by atoms with E-state index < -0.39 is 0 Å². The number of halogens is 1. The lowest BCUT2D eigenvalue weighted by molar-refractivity contribution is 0.173. The van der Waals surface area contributed by atoms with Crippen molar-refractivity contribution in [1.82, 2.24) is 5.32 Å². The van der Waals surface area contributed by atoms with Gasteiger partial charge in [0.05, 0.1) is 6.61 Å². The molecular formula is C12H16FNO. The molecule has 0 aliphatic carbocycles. The molecule has 2 rings (SSSR count). The Kier molecular flexibility index (Phi) is 3.34. The summed E-state index contributed by atoms with van der Waals surface area (Å²) in [7, 11) is 1.71. The molecule has 2 atom stereocenters. The maximum absolute atomic E-state index is 13.0. The molecule has 0 amide bonds. The smallest absolute Gasteiger partial charge is 0.123 e. The third-order valence-corrected chi connectivity index (χ3v) is 2.91. The second kappa shape index (κ2) is 4.73. The monoisotopic (exact) mass is 209 g/mol. The van der Waals surface area contributed by atoms with Crippen molar-refractivity contribution in [3.8, 4) is 0 Å². The minimum Gasteiger partial charge on any atom is -0.383 e. The summed E-state index contributed by atoms with van der Waals surface area (Å²) in [5, 5.41) is 3.38. The Morgan fingerprint density at radius 2 is 2.40 bits per heavy atom. The highest BCUT2D eigenvalue weighted by atomic mass is 19.1. The number of hydrogen-bond acceptors (Lipinski definition) is 2. The topological polar surface area (TPSA) is 21.3 Å². The molecule has 2 nitrogen and oxygen atoms in total. The van der Waals surface area contributed by atoms with Crippen LogP contribution in [0.25, 0.3) is 0 Å². The van der Waals surface area contributed by atoms with Crippen LogP contribution < -0.4 is 5.32 Å². The molecule has 3 heteroatoms. The Morgan fingerprint density at radius 3 is 3.13 bits per heavy atom. The van der Waals surface area contributed by atoms with Crippen LogP contribution in [0.3, 0.4) is 0 Å². The zero-order valence-electron chi connectivity index (χ0n) is 8.87. The van der Waals surface area contributed by atoms with E-state index >= 15 is 0 Å². The van der Waals surface area contributed by atoms with Gasteiger partial charge in [-0.15, -0.1) is 0 Å². The minimum absolute atomic E-state index is 0.150. The molecule has 1 saturated heterocycles. The molecule has 1 heterocycles. The summed E-state index contributed by atoms with van der Waals surface area (Å²) in [5.74, 6) is 0.267. The summed E-state index contributed by atoms with van der Waals surface area (Å²) >= 11 is 0. The summed E-state index contributed by atoms with van der Waals surface area (Å²) in [5.41, 5.74) is 1.08. The van der Waals surface area contributed by atoms with Crippen LogP contribution in [0.2, 0.25) is 0 Å². The van der Waals surface area contributed by atoms with Crippen LogP contribution in [0.15, 0.2) is 24.3 Å². The van der Waals surface area contributed by atoms with E-state index in [-0.39, 0.29) is 5.82 Å². The van der Waals surface area contributed by atoms with Gasteiger partial charge in [-0.25, -0.2) is 4.39 Å². The molecule has 1 aliphatic heterocycles. The summed E-state index contributed by atoms with van der Waals surface area (Å²) in [6.07, 6.45) is 1.03. The number of nitrogens with one attached hydrogen (secondary N) is 1. The van der Waals surface area contributed by atoms with Gasteiger partial charge in [-0.1, -0.05) is 12.1 Å². The number of methoxy groups -OCH3 is 1. The summed E-state index contributed by atoms with van der Waals surface area (Å²) in [6, 6.07) is 7.28. The van der Waals surface area contributed by atoms with E-state index in [1.807, 2.05) is 6.07 Å². The van der Waals surface area contributed by atoms with E-state index in [1.54, 1.807) is 19.2 Å². The van der Waals surface area contributed by atoms with Gasteiger partial charge >= 0.3 is 0 Å². The first kappa shape index (κ1) is 10.6. The molecular weight excluding hydrogens is 193 g/mol. The number of benzene rings is 1. The lowest BCUT2D eigenvalue weighted by atomic mass is 9.96. The van der Waals surface area contributed by atoms with Crippen molar-refractivity contribution in [3.63, 3.8) is 0 Å². The number of hydrogen-bond donors (Lipinski definition) is 1. The highest BCUT2D eigenvalue weighted by molar-refractivity contribution is 5.22. The molecule has 2 unspecified atom stereocenters. The third-order valence-electron chi connectivity index (χ3n) is 2.91. The Morgan fingerprint density at radius 1 is 1.53 bits per heavy atom. The fourth-order valence-electron chi connectivity index (χ4n) is 2.16. The van der Waals surface area contributed by atoms with Crippen molar-refractivity contribution >= 4 is 0 Å². The van der Waals surface area contributed by atoms with Gasteiger partial charge in [0.25, 0.3) is 0 Å². The van der Waals surface area contributed by atoms with Gasteiger partial charge in [0.15, 0.2) is 0 Å². The standard InChI is InChI=1S/C12H16FNO/c1-15-8-12-6-10(7-14-12)9-3-2-4-11(13)5-9/h2-5,10,12,14H,6-8H2,1H3. The zero-order chi connectivity index (χ0) is 10.7. The average molecular weight is 209 g/mol. The maximum Gasteiger partial charge on any atom is 0.123 e. The molecule has 15 heavy (non-hydrogen) atoms. The highest BCUT2D eigenvalue weighted by Crippen LogP contribution is 2.26. The molecule has 0 radical (unpaired) electrons. The summed E-state index contributed by atoms with van der Waals surface area (Å²) < 4.78 is 18.1. The van der Waals surface area contributed by atoms with E-state index in [0.29, 0.717) is 12.0 Å². The van der Waals surface area contributed by atoms with Crippen molar-refractivity contribution in [2.75, 3.05) is 20.3 Å². The number of rotatable bonds is 3. The van der Waals surface area contributed by atoms with Crippen molar-refractivity contribution in [2.24, 2.45) is 0 Å². The van der Waals surface area contributed by atoms with Crippen molar-refractivity contribution < 1.29 is 9.13 Å². The summed E-state index contributed by atoms with van der Waals surface area (Å²) in [6.45, 7) is 1.64. The van der Waals surface area contributed by atoms with E-state index in [9.17, 15) is 4.39 Å². The average Bonchev–Trinajstić information content (AvgIpc) is 2.67. The lowest BCUT2D eigenvalue weighted by Gasteiger charge is -2.09. The first-order chi connectivity index (χ1) is 7.29. The van der Waals surface area contributed by atoms with Gasteiger partial charge in [-0.2, -0.15) is 0 Å². The van der Waals surface area contributed by atoms with Gasteiger partial charge < -0.3 is 10.1 Å². The predicted octanol–water partition coefficient (Wildman–Crippen LogP) is 1.92. The van der Waals surface area contributed by atoms with E-state index in [4.69, 9.17) is 4.74 Å². The Balaban J connectivity index is 2.01. The van der Waals surface area contributed by atoms with Gasteiger partial charge in [-0.3, -0.25) is 0 Å². The van der Waals surface area contributed by atoms with Crippen molar-refractivity contribution in [2.45, 2.75) is 18.4 Å². The van der Waals surface area contributed by atoms with E-state index in [2.05, 4.69) is 5.32 Å². The highest BCUT2D eigenvalue weighted by Gasteiger charge is 2.25. The Hall–Kier alpha value is -0.930. The quantitative estimate of drug-likeness (QED) is 0.821. The molecule has 82 valence electrons. The second-order valence-corrected chi connectivity index (χ2v) is 4.05. The lowest BCUT2D eigenvalue weighted by Crippen LogP contribution is -2.25. The predicted molar refractivity (Wildman–Crippen MR) is 57.4 cm³/mol. The fourth-order valence-corrected chi connectivity index (χ4v) is 2.16. The molecule has 0 spiro atoms. The Bertz CT molecular complexity index is 329. The molecule has 1 fully saturated rings. The normalized spacial score (nSPS) is 25.7. The molecule has 1 aliphatic rings. The van der Waals surface area contributed by atoms with Crippen LogP contribution in [-0.2, 0) is 4.74 Å². The SMILES string of the molecule is COCC1CC(c2cccc(F)c2)CN1. The number of ether oxygens (including phenoxy) is 1. The van der Waals surface area contributed by atoms with Crippen LogP contribution in [0.5, 0.6) is 0 Å². The van der Waals surface area contributed by atoms with Crippen molar-refractivity contribution in [3.05, 3.63) is 35.6 Å². The molecule has 0 bridgehead atoms. The van der Waals surface area contributed by atoms with Crippen LogP contribution in [-0.4, -0.2) is 26.3 Å². The third kappa shape index (κ3) is 2.55. The second-order valence-electron chi connectivity index (χ2n) is 4.05. The van der Waals surface area contributed by atoms with Gasteiger partial charge in [-0.05, 0) is 30.0 Å². The molecule has 1 aromatic rings. The van der Waals surface area contributed by atoms with Crippen LogP contribution in [0.1, 0.15) is 17.9 Å². The van der Waals surface area contributed by atoms with Crippen LogP contribution in [0, 0.1) is 5.82 Å². The van der Waals surface area contributed by atoms with Gasteiger partial charge in [0.2, 0.25) is 0 Å². The fraction of sp³-hybridized carbons (Fsp3) is 0.500. The Labute approximate surface area is 89.4 Å². The van der Waals surface area contributed by atoms with E-state index in [0.717, 1.165) is 25.1 Å². The van der Waals surface area contributed by atoms with Crippen molar-refractivity contribution in [1.29, 1.82) is 0 Å².